The van der Waals surface area contributed by atoms with E-state index in [1.54, 1.807) is 57.7 Å². The minimum atomic E-state index is -0.198. The molecule has 0 atom stereocenters. The maximum Gasteiger partial charge on any atom is 0.251 e. The topological polar surface area (TPSA) is 80.6 Å². The molecule has 0 saturated heterocycles. The Morgan fingerprint density at radius 1 is 1.04 bits per heavy atom. The molecule has 6 heteroatoms. The van der Waals surface area contributed by atoms with Crippen LogP contribution in [0.5, 0.6) is 17.2 Å². The first-order valence-corrected chi connectivity index (χ1v) is 7.70. The van der Waals surface area contributed by atoms with Crippen molar-refractivity contribution in [2.75, 3.05) is 27.9 Å². The number of ether oxygens (including phenoxy) is 3. The van der Waals surface area contributed by atoms with Crippen molar-refractivity contribution in [1.29, 1.82) is 5.26 Å². The van der Waals surface area contributed by atoms with E-state index in [1.807, 2.05) is 6.07 Å². The molecule has 2 rings (SSSR count). The van der Waals surface area contributed by atoms with Gasteiger partial charge in [0.25, 0.3) is 5.91 Å². The highest BCUT2D eigenvalue weighted by Crippen LogP contribution is 2.34. The van der Waals surface area contributed by atoms with Crippen LogP contribution < -0.4 is 19.5 Å². The van der Waals surface area contributed by atoms with Crippen LogP contribution in [-0.2, 0) is 6.42 Å². The summed E-state index contributed by atoms with van der Waals surface area (Å²) in [6.45, 7) is 0.415. The Labute approximate surface area is 146 Å². The Morgan fingerprint density at radius 2 is 1.64 bits per heavy atom. The third-order valence-corrected chi connectivity index (χ3v) is 3.75. The molecule has 0 heterocycles. The van der Waals surface area contributed by atoms with Crippen molar-refractivity contribution in [1.82, 2.24) is 5.32 Å². The van der Waals surface area contributed by atoms with Crippen molar-refractivity contribution < 1.29 is 19.0 Å². The van der Waals surface area contributed by atoms with Gasteiger partial charge in [0.15, 0.2) is 0 Å². The van der Waals surface area contributed by atoms with Crippen LogP contribution in [0.3, 0.4) is 0 Å². The van der Waals surface area contributed by atoms with Gasteiger partial charge in [0.2, 0.25) is 0 Å². The lowest BCUT2D eigenvalue weighted by atomic mass is 10.1. The van der Waals surface area contributed by atoms with Crippen LogP contribution >= 0.6 is 0 Å². The Morgan fingerprint density at radius 3 is 2.12 bits per heavy atom. The molecule has 6 nitrogen and oxygen atoms in total. The molecule has 25 heavy (non-hydrogen) atoms. The van der Waals surface area contributed by atoms with E-state index in [1.165, 1.54) is 0 Å². The van der Waals surface area contributed by atoms with Crippen molar-refractivity contribution >= 4 is 5.91 Å². The van der Waals surface area contributed by atoms with Crippen LogP contribution in [0, 0.1) is 11.3 Å². The van der Waals surface area contributed by atoms with Gasteiger partial charge < -0.3 is 19.5 Å². The average molecular weight is 340 g/mol. The standard InChI is InChI=1S/C19H20N2O4/c1-23-15-10-17(24-2)16(18(11-15)25-3)8-9-21-19(22)14-6-4-13(12-20)5-7-14/h4-7,10-11H,8-9H2,1-3H3,(H,21,22). The first kappa shape index (κ1) is 18.1. The number of nitrogens with zero attached hydrogens (tertiary/aromatic N) is 1. The van der Waals surface area contributed by atoms with Gasteiger partial charge in [0, 0.05) is 29.8 Å². The molecule has 0 spiro atoms. The normalized spacial score (nSPS) is 9.84. The molecule has 0 aromatic heterocycles. The largest absolute Gasteiger partial charge is 0.496 e. The summed E-state index contributed by atoms with van der Waals surface area (Å²) >= 11 is 0. The molecule has 2 aromatic carbocycles. The van der Waals surface area contributed by atoms with Crippen LogP contribution in [-0.4, -0.2) is 33.8 Å². The second-order valence-corrected chi connectivity index (χ2v) is 5.21. The van der Waals surface area contributed by atoms with E-state index in [0.29, 0.717) is 41.3 Å². The fourth-order valence-corrected chi connectivity index (χ4v) is 2.42. The Balaban J connectivity index is 2.05. The van der Waals surface area contributed by atoms with Gasteiger partial charge in [0.05, 0.1) is 33.0 Å². The number of amides is 1. The van der Waals surface area contributed by atoms with Gasteiger partial charge in [-0.15, -0.1) is 0 Å². The average Bonchev–Trinajstić information content (AvgIpc) is 2.67. The summed E-state index contributed by atoms with van der Waals surface area (Å²) in [5.41, 5.74) is 1.88. The minimum Gasteiger partial charge on any atom is -0.496 e. The van der Waals surface area contributed by atoms with Crippen molar-refractivity contribution in [3.05, 3.63) is 53.1 Å². The zero-order valence-electron chi connectivity index (χ0n) is 14.5. The highest BCUT2D eigenvalue weighted by molar-refractivity contribution is 5.94. The highest BCUT2D eigenvalue weighted by atomic mass is 16.5. The predicted octanol–water partition coefficient (Wildman–Crippen LogP) is 2.56. The van der Waals surface area contributed by atoms with Crippen LogP contribution in [0.25, 0.3) is 0 Å². The lowest BCUT2D eigenvalue weighted by molar-refractivity contribution is 0.0954. The van der Waals surface area contributed by atoms with Crippen molar-refractivity contribution in [2.24, 2.45) is 0 Å². The van der Waals surface area contributed by atoms with E-state index in [2.05, 4.69) is 5.32 Å². The molecule has 130 valence electrons. The second kappa shape index (κ2) is 8.60. The number of nitrogens with one attached hydrogen (secondary N) is 1. The van der Waals surface area contributed by atoms with Gasteiger partial charge >= 0.3 is 0 Å². The molecule has 0 radical (unpaired) electrons. The second-order valence-electron chi connectivity index (χ2n) is 5.21. The monoisotopic (exact) mass is 340 g/mol. The Kier molecular flexibility index (Phi) is 6.24. The molecule has 0 saturated carbocycles. The molecule has 1 amide bonds. The summed E-state index contributed by atoms with van der Waals surface area (Å²) in [4.78, 5) is 12.2. The molecule has 0 bridgehead atoms. The summed E-state index contributed by atoms with van der Waals surface area (Å²) in [5.74, 6) is 1.72. The SMILES string of the molecule is COc1cc(OC)c(CCNC(=O)c2ccc(C#N)cc2)c(OC)c1. The quantitative estimate of drug-likeness (QED) is 0.838. The van der Waals surface area contributed by atoms with E-state index >= 15 is 0 Å². The number of benzene rings is 2. The van der Waals surface area contributed by atoms with E-state index < -0.39 is 0 Å². The van der Waals surface area contributed by atoms with E-state index in [9.17, 15) is 4.79 Å². The molecule has 0 fully saturated rings. The number of carbonyl (C=O) groups excluding carboxylic acids is 1. The Hall–Kier alpha value is -3.20. The van der Waals surface area contributed by atoms with Gasteiger partial charge in [-0.2, -0.15) is 5.26 Å². The van der Waals surface area contributed by atoms with Gasteiger partial charge in [0.1, 0.15) is 17.2 Å². The van der Waals surface area contributed by atoms with Crippen molar-refractivity contribution in [3.8, 4) is 23.3 Å². The summed E-state index contributed by atoms with van der Waals surface area (Å²) < 4.78 is 16.0. The van der Waals surface area contributed by atoms with Crippen LogP contribution in [0.15, 0.2) is 36.4 Å². The smallest absolute Gasteiger partial charge is 0.251 e. The number of rotatable bonds is 7. The predicted molar refractivity (Wildman–Crippen MR) is 93.3 cm³/mol. The maximum absolute atomic E-state index is 12.2. The number of hydrogen-bond donors (Lipinski definition) is 1. The van der Waals surface area contributed by atoms with Crippen LogP contribution in [0.2, 0.25) is 0 Å². The third kappa shape index (κ3) is 4.42. The molecule has 2 aromatic rings. The molecule has 0 aliphatic rings. The number of hydrogen-bond acceptors (Lipinski definition) is 5. The first-order valence-electron chi connectivity index (χ1n) is 7.70. The minimum absolute atomic E-state index is 0.198. The van der Waals surface area contributed by atoms with Gasteiger partial charge in [-0.25, -0.2) is 0 Å². The molecular formula is C19H20N2O4. The molecule has 0 aliphatic carbocycles. The van der Waals surface area contributed by atoms with Crippen molar-refractivity contribution in [3.63, 3.8) is 0 Å². The number of methoxy groups -OCH3 is 3. The zero-order chi connectivity index (χ0) is 18.2. The van der Waals surface area contributed by atoms with Crippen LogP contribution in [0.1, 0.15) is 21.5 Å². The third-order valence-electron chi connectivity index (χ3n) is 3.75. The molecular weight excluding hydrogens is 320 g/mol. The summed E-state index contributed by atoms with van der Waals surface area (Å²) in [6.07, 6.45) is 0.540. The zero-order valence-corrected chi connectivity index (χ0v) is 14.5. The first-order chi connectivity index (χ1) is 12.1. The molecule has 0 unspecified atom stereocenters. The lowest BCUT2D eigenvalue weighted by Crippen LogP contribution is -2.25. The molecule has 1 N–H and O–H groups in total. The molecule has 0 aliphatic heterocycles. The number of carbonyl (C=O) groups is 1. The van der Waals surface area contributed by atoms with Gasteiger partial charge in [-0.05, 0) is 30.7 Å². The van der Waals surface area contributed by atoms with Crippen LogP contribution in [0.4, 0.5) is 0 Å². The fourth-order valence-electron chi connectivity index (χ4n) is 2.42. The number of nitriles is 1. The fraction of sp³-hybridized carbons (Fsp3) is 0.263. The Bertz CT molecular complexity index is 754. The summed E-state index contributed by atoms with van der Waals surface area (Å²) in [6, 6.07) is 12.1. The van der Waals surface area contributed by atoms with E-state index in [-0.39, 0.29) is 5.91 Å². The highest BCUT2D eigenvalue weighted by Gasteiger charge is 2.14. The summed E-state index contributed by atoms with van der Waals surface area (Å²) in [7, 11) is 4.73. The van der Waals surface area contributed by atoms with Crippen molar-refractivity contribution in [2.45, 2.75) is 6.42 Å². The van der Waals surface area contributed by atoms with E-state index in [4.69, 9.17) is 19.5 Å². The lowest BCUT2D eigenvalue weighted by Gasteiger charge is -2.15. The maximum atomic E-state index is 12.2. The summed E-state index contributed by atoms with van der Waals surface area (Å²) in [5, 5.41) is 11.6. The van der Waals surface area contributed by atoms with E-state index in [0.717, 1.165) is 5.56 Å². The van der Waals surface area contributed by atoms with Gasteiger partial charge in [-0.3, -0.25) is 4.79 Å². The van der Waals surface area contributed by atoms with Gasteiger partial charge in [-0.1, -0.05) is 0 Å².